The number of nitrogens with zero attached hydrogens (tertiary/aromatic N) is 1. The van der Waals surface area contributed by atoms with Crippen LogP contribution in [0, 0.1) is 23.7 Å². The van der Waals surface area contributed by atoms with Gasteiger partial charge in [0, 0.05) is 18.4 Å². The van der Waals surface area contributed by atoms with E-state index < -0.39 is 64.3 Å². The normalized spacial score (nSPS) is 24.2. The van der Waals surface area contributed by atoms with Gasteiger partial charge in [0.25, 0.3) is 0 Å². The number of carbonyl (C=O) groups is 2. The first kappa shape index (κ1) is 44.3. The number of ether oxygens (including phenoxy) is 4. The van der Waals surface area contributed by atoms with Crippen LogP contribution < -0.4 is 4.74 Å². The summed E-state index contributed by atoms with van der Waals surface area (Å²) in [6.07, 6.45) is -1.44. The van der Waals surface area contributed by atoms with E-state index in [4.69, 9.17) is 27.8 Å². The number of methoxy groups -OCH3 is 1. The fourth-order valence-corrected chi connectivity index (χ4v) is 8.76. The maximum absolute atomic E-state index is 14.3. The minimum atomic E-state index is -2.51. The maximum Gasteiger partial charge on any atom is 0.417 e. The van der Waals surface area contributed by atoms with Crippen LogP contribution in [-0.2, 0) is 34.5 Å². The summed E-state index contributed by atoms with van der Waals surface area (Å²) in [6, 6.07) is 7.37. The molecule has 2 aliphatic heterocycles. The molecule has 0 bridgehead atoms. The van der Waals surface area contributed by atoms with Gasteiger partial charge in [0.05, 0.1) is 50.6 Å². The van der Waals surface area contributed by atoms with Crippen LogP contribution in [0.15, 0.2) is 36.9 Å². The highest BCUT2D eigenvalue weighted by Crippen LogP contribution is 2.51. The third-order valence-electron chi connectivity index (χ3n) is 12.1. The summed E-state index contributed by atoms with van der Waals surface area (Å²) in [5.41, 5.74) is 0.224. The Morgan fingerprint density at radius 3 is 2.12 bits per heavy atom. The van der Waals surface area contributed by atoms with Crippen molar-refractivity contribution in [2.45, 2.75) is 142 Å². The van der Waals surface area contributed by atoms with E-state index in [0.717, 1.165) is 16.2 Å². The van der Waals surface area contributed by atoms with Crippen molar-refractivity contribution in [2.75, 3.05) is 26.9 Å². The molecule has 8 atom stereocenters. The highest BCUT2D eigenvalue weighted by Gasteiger charge is 2.65. The molecule has 0 aliphatic carbocycles. The Balaban J connectivity index is 2.02. The molecule has 296 valence electrons. The van der Waals surface area contributed by atoms with Gasteiger partial charge in [-0.25, -0.2) is 9.69 Å². The zero-order chi connectivity index (χ0) is 39.6. The lowest BCUT2D eigenvalue weighted by Gasteiger charge is -2.46. The number of carbonyl (C=O) groups excluding carboxylic acids is 2. The molecular formula is C40H69NO9Si2. The van der Waals surface area contributed by atoms with Crippen molar-refractivity contribution in [1.82, 2.24) is 4.90 Å². The average molecular weight is 764 g/mol. The van der Waals surface area contributed by atoms with Gasteiger partial charge in [-0.05, 0) is 66.8 Å². The molecule has 2 amide bonds. The average Bonchev–Trinajstić information content (AvgIpc) is 3.58. The molecule has 1 aromatic carbocycles. The van der Waals surface area contributed by atoms with Crippen molar-refractivity contribution in [3.63, 3.8) is 0 Å². The molecule has 0 spiro atoms. The lowest BCUT2D eigenvalue weighted by molar-refractivity contribution is -0.139. The van der Waals surface area contributed by atoms with E-state index >= 15 is 0 Å². The Labute approximate surface area is 316 Å². The van der Waals surface area contributed by atoms with Gasteiger partial charge in [-0.3, -0.25) is 4.79 Å². The Kier molecular flexibility index (Phi) is 14.3. The minimum Gasteiger partial charge on any atom is -0.497 e. The number of hydrogen-bond acceptors (Lipinski definition) is 9. The maximum atomic E-state index is 14.3. The van der Waals surface area contributed by atoms with E-state index in [1.54, 1.807) is 7.11 Å². The molecular weight excluding hydrogens is 695 g/mol. The lowest BCUT2D eigenvalue weighted by atomic mass is 9.79. The van der Waals surface area contributed by atoms with Crippen LogP contribution in [-0.4, -0.2) is 95.5 Å². The summed E-state index contributed by atoms with van der Waals surface area (Å²) in [7, 11) is -3.20. The van der Waals surface area contributed by atoms with Crippen molar-refractivity contribution < 1.29 is 42.5 Å². The van der Waals surface area contributed by atoms with Gasteiger partial charge in [0.1, 0.15) is 18.0 Å². The summed E-state index contributed by atoms with van der Waals surface area (Å²) < 4.78 is 37.6. The first-order valence-corrected chi connectivity index (χ1v) is 24.6. The van der Waals surface area contributed by atoms with E-state index in [9.17, 15) is 14.7 Å². The molecule has 0 saturated carbocycles. The van der Waals surface area contributed by atoms with Gasteiger partial charge in [-0.1, -0.05) is 80.5 Å². The van der Waals surface area contributed by atoms with Gasteiger partial charge in [0.2, 0.25) is 5.91 Å². The summed E-state index contributed by atoms with van der Waals surface area (Å²) in [6.45, 7) is 34.9. The van der Waals surface area contributed by atoms with Gasteiger partial charge >= 0.3 is 6.09 Å². The summed E-state index contributed by atoms with van der Waals surface area (Å²) in [5, 5.41) is 12.2. The van der Waals surface area contributed by atoms with Crippen molar-refractivity contribution in [1.29, 1.82) is 0 Å². The molecule has 2 aliphatic rings. The van der Waals surface area contributed by atoms with Crippen LogP contribution in [0.5, 0.6) is 5.75 Å². The minimum absolute atomic E-state index is 0.00382. The summed E-state index contributed by atoms with van der Waals surface area (Å²) in [5.74, 6) is -1.59. The Morgan fingerprint density at radius 1 is 1.04 bits per heavy atom. The lowest BCUT2D eigenvalue weighted by Crippen LogP contribution is -2.57. The van der Waals surface area contributed by atoms with E-state index in [-0.39, 0.29) is 41.2 Å². The Bertz CT molecular complexity index is 1370. The predicted molar refractivity (Wildman–Crippen MR) is 210 cm³/mol. The molecule has 52 heavy (non-hydrogen) atoms. The number of aliphatic hydroxyl groups excluding tert-OH is 1. The molecule has 2 fully saturated rings. The summed E-state index contributed by atoms with van der Waals surface area (Å²) >= 11 is 0. The van der Waals surface area contributed by atoms with Gasteiger partial charge in [0.15, 0.2) is 16.6 Å². The van der Waals surface area contributed by atoms with Crippen LogP contribution in [0.2, 0.25) is 36.3 Å². The highest BCUT2D eigenvalue weighted by molar-refractivity contribution is 6.74. The first-order valence-electron chi connectivity index (χ1n) is 18.8. The molecule has 3 rings (SSSR count). The van der Waals surface area contributed by atoms with Crippen molar-refractivity contribution >= 4 is 28.6 Å². The molecule has 10 nitrogen and oxygen atoms in total. The van der Waals surface area contributed by atoms with E-state index in [1.165, 1.54) is 6.08 Å². The molecule has 0 radical (unpaired) electrons. The van der Waals surface area contributed by atoms with Crippen LogP contribution in [0.3, 0.4) is 0 Å². The fraction of sp³-hybridized carbons (Fsp3) is 0.750. The second-order valence-corrected chi connectivity index (χ2v) is 28.0. The van der Waals surface area contributed by atoms with Crippen molar-refractivity contribution in [3.05, 3.63) is 42.5 Å². The van der Waals surface area contributed by atoms with E-state index in [2.05, 4.69) is 81.2 Å². The van der Waals surface area contributed by atoms with Crippen molar-refractivity contribution in [3.8, 4) is 5.75 Å². The second kappa shape index (κ2) is 16.7. The number of benzene rings is 1. The van der Waals surface area contributed by atoms with E-state index in [1.807, 2.05) is 45.0 Å². The molecule has 1 aromatic rings. The highest BCUT2D eigenvalue weighted by atomic mass is 28.4. The number of hydrogen-bond donors (Lipinski definition) is 1. The molecule has 2 heterocycles. The zero-order valence-corrected chi connectivity index (χ0v) is 36.7. The molecule has 0 unspecified atom stereocenters. The van der Waals surface area contributed by atoms with Crippen LogP contribution in [0.25, 0.3) is 0 Å². The molecule has 2 saturated heterocycles. The predicted octanol–water partition coefficient (Wildman–Crippen LogP) is 8.20. The third kappa shape index (κ3) is 9.97. The fourth-order valence-electron chi connectivity index (χ4n) is 6.32. The topological polar surface area (TPSA) is 116 Å². The van der Waals surface area contributed by atoms with Crippen LogP contribution in [0.4, 0.5) is 4.79 Å². The Hall–Kier alpha value is -2.07. The largest absolute Gasteiger partial charge is 0.497 e. The monoisotopic (exact) mass is 763 g/mol. The first-order chi connectivity index (χ1) is 23.8. The molecule has 12 heteroatoms. The molecule has 0 aromatic heterocycles. The van der Waals surface area contributed by atoms with Gasteiger partial charge in [-0.2, -0.15) is 0 Å². The number of epoxide rings is 1. The third-order valence-corrected chi connectivity index (χ3v) is 21.1. The van der Waals surface area contributed by atoms with E-state index in [0.29, 0.717) is 13.2 Å². The molecule has 1 N–H and O–H groups in total. The number of rotatable bonds is 18. The van der Waals surface area contributed by atoms with Gasteiger partial charge in [-0.15, -0.1) is 6.58 Å². The number of cyclic esters (lactones) is 1. The Morgan fingerprint density at radius 2 is 1.62 bits per heavy atom. The quantitative estimate of drug-likeness (QED) is 0.0898. The standard InChI is InChI=1S/C40H69NO9Si2/c1-17-30(36(43)41-32(26(2)3)25-47-37(41)44)33(42)31(24-48-51(13,14)38(5,6)7)35(50-52(15,16)39(8,9)10)40(11)34(49-40)27(4)22-46-23-28-18-20-29(45-12)21-19-28/h17-21,26-27,30-35,42H,1,22-25H2,2-16H3/t27-,30+,31-,32-,33+,34+,35-,40-/m0/s1. The smallest absolute Gasteiger partial charge is 0.417 e. The van der Waals surface area contributed by atoms with Crippen LogP contribution >= 0.6 is 0 Å². The van der Waals surface area contributed by atoms with Crippen molar-refractivity contribution in [2.24, 2.45) is 23.7 Å². The summed E-state index contributed by atoms with van der Waals surface area (Å²) in [4.78, 5) is 28.3. The van der Waals surface area contributed by atoms with Gasteiger partial charge < -0.3 is 32.9 Å². The van der Waals surface area contributed by atoms with Crippen LogP contribution in [0.1, 0.15) is 74.8 Å². The SMILES string of the molecule is C=C[C@@H](C(=O)N1C(=O)OC[C@H]1C(C)C)[C@@H](O)[C@H](CO[Si](C)(C)C(C)(C)C)[C@H](O[Si](C)(C)C(C)(C)C)[C@@]1(C)O[C@@H]1[C@@H](C)COCc1ccc(OC)cc1. The number of aliphatic hydroxyl groups is 1. The number of amides is 2. The number of imide groups is 1. The zero-order valence-electron chi connectivity index (χ0n) is 34.7. The second-order valence-electron chi connectivity index (χ2n) is 18.4.